The average molecular weight is 374 g/mol. The zero-order chi connectivity index (χ0) is 18.9. The minimum absolute atomic E-state index is 0.160. The van der Waals surface area contributed by atoms with Crippen LogP contribution in [0.25, 0.3) is 0 Å². The summed E-state index contributed by atoms with van der Waals surface area (Å²) in [5.41, 5.74) is 3.22. The van der Waals surface area contributed by atoms with Gasteiger partial charge in [-0.15, -0.1) is 0 Å². The molecule has 3 rings (SSSR count). The van der Waals surface area contributed by atoms with E-state index in [4.69, 9.17) is 12.2 Å². The molecule has 2 N–H and O–H groups in total. The van der Waals surface area contributed by atoms with Crippen molar-refractivity contribution in [1.82, 2.24) is 5.32 Å². The molecule has 0 aliphatic carbocycles. The van der Waals surface area contributed by atoms with Gasteiger partial charge in [0.1, 0.15) is 0 Å². The van der Waals surface area contributed by atoms with Crippen molar-refractivity contribution in [3.8, 4) is 0 Å². The van der Waals surface area contributed by atoms with Gasteiger partial charge >= 0.3 is 0 Å². The maximum atomic E-state index is 12.0. The molecule has 0 atom stereocenters. The van der Waals surface area contributed by atoms with Crippen LogP contribution in [-0.2, 0) is 11.2 Å². The molecule has 0 saturated carbocycles. The lowest BCUT2D eigenvalue weighted by Crippen LogP contribution is -2.35. The molecule has 5 nitrogen and oxygen atoms in total. The summed E-state index contributed by atoms with van der Waals surface area (Å²) in [5, 5.41) is 14.3. The highest BCUT2D eigenvalue weighted by Crippen LogP contribution is 2.19. The van der Waals surface area contributed by atoms with Gasteiger partial charge in [-0.3, -0.25) is 4.79 Å². The number of nitrogens with zero attached hydrogens (tertiary/aromatic N) is 2. The number of amides is 1. The van der Waals surface area contributed by atoms with Gasteiger partial charge in [-0.25, -0.2) is 0 Å². The van der Waals surface area contributed by atoms with Crippen molar-refractivity contribution >= 4 is 40.3 Å². The second-order valence-electron chi connectivity index (χ2n) is 5.75. The Morgan fingerprint density at radius 1 is 0.778 bits per heavy atom. The van der Waals surface area contributed by atoms with E-state index in [1.807, 2.05) is 84.9 Å². The van der Waals surface area contributed by atoms with Crippen molar-refractivity contribution in [1.29, 1.82) is 0 Å². The van der Waals surface area contributed by atoms with E-state index < -0.39 is 0 Å². The van der Waals surface area contributed by atoms with Crippen LogP contribution in [0.1, 0.15) is 5.56 Å². The van der Waals surface area contributed by atoms with Gasteiger partial charge in [0.15, 0.2) is 5.11 Å². The highest BCUT2D eigenvalue weighted by atomic mass is 32.1. The van der Waals surface area contributed by atoms with Crippen LogP contribution in [0.4, 0.5) is 17.1 Å². The van der Waals surface area contributed by atoms with Crippen LogP contribution < -0.4 is 10.6 Å². The predicted octanol–water partition coefficient (Wildman–Crippen LogP) is 5.16. The summed E-state index contributed by atoms with van der Waals surface area (Å²) in [6, 6.07) is 26.3. The molecular formula is C21H18N4OS. The Hall–Kier alpha value is -3.38. The summed E-state index contributed by atoms with van der Waals surface area (Å²) in [7, 11) is 0. The third-order valence-electron chi connectivity index (χ3n) is 3.62. The van der Waals surface area contributed by atoms with E-state index in [1.165, 1.54) is 0 Å². The van der Waals surface area contributed by atoms with Crippen molar-refractivity contribution in [3.63, 3.8) is 0 Å². The molecule has 6 heteroatoms. The van der Waals surface area contributed by atoms with E-state index in [0.717, 1.165) is 22.6 Å². The first-order valence-corrected chi connectivity index (χ1v) is 8.81. The summed E-state index contributed by atoms with van der Waals surface area (Å²) in [4.78, 5) is 12.0. The van der Waals surface area contributed by atoms with Gasteiger partial charge in [0.2, 0.25) is 5.91 Å². The fourth-order valence-corrected chi connectivity index (χ4v) is 2.57. The lowest BCUT2D eigenvalue weighted by molar-refractivity contribution is -0.119. The fraction of sp³-hybridized carbons (Fsp3) is 0.0476. The van der Waals surface area contributed by atoms with E-state index in [0.29, 0.717) is 0 Å². The molecule has 0 radical (unpaired) electrons. The molecule has 0 bridgehead atoms. The second-order valence-corrected chi connectivity index (χ2v) is 6.16. The van der Waals surface area contributed by atoms with Crippen molar-refractivity contribution in [2.24, 2.45) is 10.2 Å². The third kappa shape index (κ3) is 6.13. The van der Waals surface area contributed by atoms with Crippen LogP contribution in [0, 0.1) is 0 Å². The Balaban J connectivity index is 1.51. The van der Waals surface area contributed by atoms with Gasteiger partial charge in [-0.05, 0) is 54.2 Å². The number of thiocarbonyl (C=S) groups is 1. The minimum Gasteiger partial charge on any atom is -0.332 e. The smallest absolute Gasteiger partial charge is 0.230 e. The Labute approximate surface area is 163 Å². The molecule has 0 aliphatic heterocycles. The standard InChI is InChI=1S/C21H18N4OS/c26-20(15-16-7-3-1-4-8-16)23-21(27)22-17-11-13-19(14-12-17)25-24-18-9-5-2-6-10-18/h1-14H,15H2,(H2,22,23,26,27). The number of nitrogens with one attached hydrogen (secondary N) is 2. The van der Waals surface area contributed by atoms with Crippen LogP contribution in [0.5, 0.6) is 0 Å². The maximum Gasteiger partial charge on any atom is 0.230 e. The molecule has 0 heterocycles. The van der Waals surface area contributed by atoms with Crippen LogP contribution in [0.2, 0.25) is 0 Å². The Morgan fingerprint density at radius 2 is 1.33 bits per heavy atom. The van der Waals surface area contributed by atoms with Gasteiger partial charge < -0.3 is 10.6 Å². The maximum absolute atomic E-state index is 12.0. The number of carbonyl (C=O) groups excluding carboxylic acids is 1. The van der Waals surface area contributed by atoms with Gasteiger partial charge in [-0.1, -0.05) is 48.5 Å². The quantitative estimate of drug-likeness (QED) is 0.479. The van der Waals surface area contributed by atoms with E-state index >= 15 is 0 Å². The molecule has 3 aromatic rings. The first-order chi connectivity index (χ1) is 13.2. The Bertz CT molecular complexity index is 925. The molecular weight excluding hydrogens is 356 g/mol. The van der Waals surface area contributed by atoms with Crippen LogP contribution in [0.15, 0.2) is 95.2 Å². The SMILES string of the molecule is O=C(Cc1ccccc1)NC(=S)Nc1ccc(N=Nc2ccccc2)cc1. The molecule has 3 aromatic carbocycles. The lowest BCUT2D eigenvalue weighted by Gasteiger charge is -2.09. The number of azo groups is 1. The molecule has 0 saturated heterocycles. The summed E-state index contributed by atoms with van der Waals surface area (Å²) >= 11 is 5.19. The summed E-state index contributed by atoms with van der Waals surface area (Å²) in [6.45, 7) is 0. The van der Waals surface area contributed by atoms with Gasteiger partial charge in [0.05, 0.1) is 17.8 Å². The van der Waals surface area contributed by atoms with Gasteiger partial charge in [0, 0.05) is 5.69 Å². The number of rotatable bonds is 5. The number of hydrogen-bond acceptors (Lipinski definition) is 4. The predicted molar refractivity (Wildman–Crippen MR) is 112 cm³/mol. The highest BCUT2D eigenvalue weighted by Gasteiger charge is 2.06. The Morgan fingerprint density at radius 3 is 1.96 bits per heavy atom. The van der Waals surface area contributed by atoms with Crippen LogP contribution in [0.3, 0.4) is 0 Å². The van der Waals surface area contributed by atoms with Crippen LogP contribution in [-0.4, -0.2) is 11.0 Å². The van der Waals surface area contributed by atoms with Crippen molar-refractivity contribution in [2.75, 3.05) is 5.32 Å². The Kier molecular flexibility index (Phi) is 6.38. The van der Waals surface area contributed by atoms with Crippen molar-refractivity contribution in [2.45, 2.75) is 6.42 Å². The first kappa shape index (κ1) is 18.4. The molecule has 0 unspecified atom stereocenters. The van der Waals surface area contributed by atoms with E-state index in [1.54, 1.807) is 0 Å². The zero-order valence-electron chi connectivity index (χ0n) is 14.5. The van der Waals surface area contributed by atoms with E-state index in [2.05, 4.69) is 20.9 Å². The summed E-state index contributed by atoms with van der Waals surface area (Å²) < 4.78 is 0. The summed E-state index contributed by atoms with van der Waals surface area (Å²) in [6.07, 6.45) is 0.279. The van der Waals surface area contributed by atoms with Crippen molar-refractivity contribution < 1.29 is 4.79 Å². The zero-order valence-corrected chi connectivity index (χ0v) is 15.3. The summed E-state index contributed by atoms with van der Waals surface area (Å²) in [5.74, 6) is -0.160. The monoisotopic (exact) mass is 374 g/mol. The highest BCUT2D eigenvalue weighted by molar-refractivity contribution is 7.80. The average Bonchev–Trinajstić information content (AvgIpc) is 2.69. The second kappa shape index (κ2) is 9.35. The van der Waals surface area contributed by atoms with E-state index in [-0.39, 0.29) is 17.4 Å². The van der Waals surface area contributed by atoms with Gasteiger partial charge in [0.25, 0.3) is 0 Å². The number of hydrogen-bond donors (Lipinski definition) is 2. The first-order valence-electron chi connectivity index (χ1n) is 8.41. The van der Waals surface area contributed by atoms with E-state index in [9.17, 15) is 4.79 Å². The van der Waals surface area contributed by atoms with Gasteiger partial charge in [-0.2, -0.15) is 10.2 Å². The normalized spacial score (nSPS) is 10.5. The minimum atomic E-state index is -0.160. The number of carbonyl (C=O) groups is 1. The molecule has 0 aromatic heterocycles. The molecule has 0 spiro atoms. The number of benzene rings is 3. The topological polar surface area (TPSA) is 65.8 Å². The lowest BCUT2D eigenvalue weighted by atomic mass is 10.1. The molecule has 0 fully saturated rings. The van der Waals surface area contributed by atoms with Crippen LogP contribution >= 0.6 is 12.2 Å². The largest absolute Gasteiger partial charge is 0.332 e. The molecule has 0 aliphatic rings. The number of anilines is 1. The molecule has 1 amide bonds. The molecule has 134 valence electrons. The fourth-order valence-electron chi connectivity index (χ4n) is 2.34. The molecule has 27 heavy (non-hydrogen) atoms. The van der Waals surface area contributed by atoms with Crippen molar-refractivity contribution in [3.05, 3.63) is 90.5 Å². The third-order valence-corrected chi connectivity index (χ3v) is 3.83.